The van der Waals surface area contributed by atoms with E-state index >= 15 is 0 Å². The Labute approximate surface area is 175 Å². The molecule has 0 spiro atoms. The van der Waals surface area contributed by atoms with Crippen LogP contribution < -0.4 is 0 Å². The van der Waals surface area contributed by atoms with Crippen molar-refractivity contribution in [3.05, 3.63) is 114 Å². The van der Waals surface area contributed by atoms with E-state index in [0.717, 1.165) is 11.1 Å². The number of esters is 1. The maximum Gasteiger partial charge on any atom is 0.331 e. The third-order valence-electron chi connectivity index (χ3n) is 4.38. The van der Waals surface area contributed by atoms with E-state index in [1.807, 2.05) is 60.7 Å². The molecule has 0 N–H and O–H groups in total. The van der Waals surface area contributed by atoms with Crippen molar-refractivity contribution >= 4 is 18.0 Å². The van der Waals surface area contributed by atoms with E-state index in [2.05, 4.69) is 0 Å². The molecule has 0 unspecified atom stereocenters. The van der Waals surface area contributed by atoms with Crippen molar-refractivity contribution in [1.82, 2.24) is 4.90 Å². The van der Waals surface area contributed by atoms with Gasteiger partial charge in [0.15, 0.2) is 6.61 Å². The number of halogens is 1. The number of rotatable bonds is 8. The molecule has 0 aliphatic carbocycles. The van der Waals surface area contributed by atoms with Crippen molar-refractivity contribution in [3.63, 3.8) is 0 Å². The average molecular weight is 403 g/mol. The average Bonchev–Trinajstić information content (AvgIpc) is 2.77. The van der Waals surface area contributed by atoms with Crippen molar-refractivity contribution in [2.75, 3.05) is 6.61 Å². The van der Waals surface area contributed by atoms with Gasteiger partial charge in [0.1, 0.15) is 5.82 Å². The molecule has 0 radical (unpaired) electrons. The highest BCUT2D eigenvalue weighted by molar-refractivity contribution is 5.89. The largest absolute Gasteiger partial charge is 0.452 e. The quantitative estimate of drug-likeness (QED) is 0.408. The molecule has 0 heterocycles. The lowest BCUT2D eigenvalue weighted by atomic mass is 10.1. The lowest BCUT2D eigenvalue weighted by Crippen LogP contribution is -2.33. The summed E-state index contributed by atoms with van der Waals surface area (Å²) in [6.07, 6.45) is 2.63. The zero-order valence-corrected chi connectivity index (χ0v) is 16.4. The monoisotopic (exact) mass is 403 g/mol. The van der Waals surface area contributed by atoms with Crippen molar-refractivity contribution in [2.24, 2.45) is 0 Å². The van der Waals surface area contributed by atoms with E-state index in [9.17, 15) is 14.0 Å². The van der Waals surface area contributed by atoms with E-state index in [1.165, 1.54) is 24.3 Å². The first kappa shape index (κ1) is 21.0. The topological polar surface area (TPSA) is 46.6 Å². The van der Waals surface area contributed by atoms with Gasteiger partial charge < -0.3 is 9.64 Å². The summed E-state index contributed by atoms with van der Waals surface area (Å²) in [5.41, 5.74) is 2.51. The Hall–Kier alpha value is -3.73. The number of nitrogens with zero attached hydrogens (tertiary/aromatic N) is 1. The van der Waals surface area contributed by atoms with Gasteiger partial charge in [-0.15, -0.1) is 0 Å². The van der Waals surface area contributed by atoms with Crippen molar-refractivity contribution < 1.29 is 18.7 Å². The number of hydrogen-bond acceptors (Lipinski definition) is 3. The fraction of sp³-hybridized carbons (Fsp3) is 0.120. The first-order valence-electron chi connectivity index (χ1n) is 9.56. The Morgan fingerprint density at radius 3 is 2.00 bits per heavy atom. The third kappa shape index (κ3) is 6.71. The molecule has 0 aliphatic heterocycles. The van der Waals surface area contributed by atoms with Crippen LogP contribution in [-0.2, 0) is 27.4 Å². The van der Waals surface area contributed by atoms with E-state index in [4.69, 9.17) is 4.74 Å². The second kappa shape index (κ2) is 10.7. The van der Waals surface area contributed by atoms with Crippen LogP contribution in [0.4, 0.5) is 4.39 Å². The van der Waals surface area contributed by atoms with Gasteiger partial charge in [-0.25, -0.2) is 9.18 Å². The Kier molecular flexibility index (Phi) is 7.50. The molecule has 30 heavy (non-hydrogen) atoms. The van der Waals surface area contributed by atoms with Crippen LogP contribution in [0.15, 0.2) is 91.0 Å². The van der Waals surface area contributed by atoms with Crippen molar-refractivity contribution in [2.45, 2.75) is 13.1 Å². The minimum atomic E-state index is -0.660. The summed E-state index contributed by atoms with van der Waals surface area (Å²) in [5.74, 6) is -1.35. The van der Waals surface area contributed by atoms with Crippen LogP contribution in [0.25, 0.3) is 6.08 Å². The van der Waals surface area contributed by atoms with Gasteiger partial charge in [-0.2, -0.15) is 0 Å². The normalized spacial score (nSPS) is 10.7. The van der Waals surface area contributed by atoms with Gasteiger partial charge in [-0.1, -0.05) is 72.8 Å². The molecular weight excluding hydrogens is 381 g/mol. The molecular formula is C25H22FNO3. The van der Waals surface area contributed by atoms with Crippen molar-refractivity contribution in [3.8, 4) is 0 Å². The molecule has 0 fully saturated rings. The summed E-state index contributed by atoms with van der Waals surface area (Å²) >= 11 is 0. The Balaban J connectivity index is 1.61. The third-order valence-corrected chi connectivity index (χ3v) is 4.38. The standard InChI is InChI=1S/C25H22FNO3/c26-23-13-7-12-20(16-23)14-15-25(29)30-19-24(28)27(17-21-8-3-1-4-9-21)18-22-10-5-2-6-11-22/h1-16H,17-19H2/b15-14+. The highest BCUT2D eigenvalue weighted by Crippen LogP contribution is 2.11. The molecule has 0 atom stereocenters. The predicted molar refractivity (Wildman–Crippen MR) is 114 cm³/mol. The number of carbonyl (C=O) groups is 2. The summed E-state index contributed by atoms with van der Waals surface area (Å²) in [6.45, 7) is 0.447. The summed E-state index contributed by atoms with van der Waals surface area (Å²) in [5, 5.41) is 0. The highest BCUT2D eigenvalue weighted by atomic mass is 19.1. The van der Waals surface area contributed by atoms with Crippen LogP contribution in [0.2, 0.25) is 0 Å². The first-order chi connectivity index (χ1) is 14.6. The molecule has 4 nitrogen and oxygen atoms in total. The van der Waals surface area contributed by atoms with Crippen LogP contribution >= 0.6 is 0 Å². The molecule has 0 aromatic heterocycles. The van der Waals surface area contributed by atoms with E-state index in [-0.39, 0.29) is 12.5 Å². The van der Waals surface area contributed by atoms with Gasteiger partial charge in [-0.05, 0) is 34.9 Å². The van der Waals surface area contributed by atoms with E-state index in [0.29, 0.717) is 18.7 Å². The van der Waals surface area contributed by atoms with Crippen LogP contribution in [0.1, 0.15) is 16.7 Å². The number of hydrogen-bond donors (Lipinski definition) is 0. The van der Waals surface area contributed by atoms with Crippen LogP contribution in [0, 0.1) is 5.82 Å². The number of carbonyl (C=O) groups excluding carboxylic acids is 2. The maximum atomic E-state index is 13.2. The first-order valence-corrected chi connectivity index (χ1v) is 9.56. The fourth-order valence-electron chi connectivity index (χ4n) is 2.89. The molecule has 1 amide bonds. The predicted octanol–water partition coefficient (Wildman–Crippen LogP) is 4.61. The number of benzene rings is 3. The molecule has 3 rings (SSSR count). The zero-order valence-electron chi connectivity index (χ0n) is 16.4. The van der Waals surface area contributed by atoms with E-state index in [1.54, 1.807) is 17.0 Å². The molecule has 0 aliphatic rings. The van der Waals surface area contributed by atoms with Crippen LogP contribution in [-0.4, -0.2) is 23.4 Å². The molecule has 5 heteroatoms. The lowest BCUT2D eigenvalue weighted by Gasteiger charge is -2.23. The number of amides is 1. The van der Waals surface area contributed by atoms with Crippen molar-refractivity contribution in [1.29, 1.82) is 0 Å². The van der Waals surface area contributed by atoms with Gasteiger partial charge in [0.05, 0.1) is 0 Å². The van der Waals surface area contributed by atoms with Gasteiger partial charge in [-0.3, -0.25) is 4.79 Å². The summed E-state index contributed by atoms with van der Waals surface area (Å²) < 4.78 is 18.3. The maximum absolute atomic E-state index is 13.2. The fourth-order valence-corrected chi connectivity index (χ4v) is 2.89. The summed E-state index contributed by atoms with van der Waals surface area (Å²) in [4.78, 5) is 26.4. The minimum absolute atomic E-state index is 0.296. The van der Waals surface area contributed by atoms with Crippen LogP contribution in [0.3, 0.4) is 0 Å². The van der Waals surface area contributed by atoms with Gasteiger partial charge in [0.25, 0.3) is 5.91 Å². The van der Waals surface area contributed by atoms with Gasteiger partial charge >= 0.3 is 5.97 Å². The SMILES string of the molecule is O=C(/C=C/c1cccc(F)c1)OCC(=O)N(Cc1ccccc1)Cc1ccccc1. The Bertz CT molecular complexity index is 962. The Morgan fingerprint density at radius 2 is 1.43 bits per heavy atom. The summed E-state index contributed by atoms with van der Waals surface area (Å²) in [6, 6.07) is 25.1. The molecule has 152 valence electrons. The zero-order chi connectivity index (χ0) is 21.2. The smallest absolute Gasteiger partial charge is 0.331 e. The number of ether oxygens (including phenoxy) is 1. The second-order valence-corrected chi connectivity index (χ2v) is 6.72. The van der Waals surface area contributed by atoms with E-state index < -0.39 is 11.8 Å². The highest BCUT2D eigenvalue weighted by Gasteiger charge is 2.16. The van der Waals surface area contributed by atoms with Gasteiger partial charge in [0, 0.05) is 19.2 Å². The molecule has 3 aromatic carbocycles. The van der Waals surface area contributed by atoms with Crippen LogP contribution in [0.5, 0.6) is 0 Å². The molecule has 0 saturated heterocycles. The lowest BCUT2D eigenvalue weighted by molar-refractivity contribution is -0.148. The summed E-state index contributed by atoms with van der Waals surface area (Å²) in [7, 11) is 0. The molecule has 3 aromatic rings. The van der Waals surface area contributed by atoms with Gasteiger partial charge in [0.2, 0.25) is 0 Å². The minimum Gasteiger partial charge on any atom is -0.452 e. The second-order valence-electron chi connectivity index (χ2n) is 6.72. The Morgan fingerprint density at radius 1 is 0.833 bits per heavy atom. The molecule has 0 saturated carbocycles. The molecule has 0 bridgehead atoms.